The van der Waals surface area contributed by atoms with E-state index in [9.17, 15) is 10.1 Å². The molecule has 0 unspecified atom stereocenters. The van der Waals surface area contributed by atoms with Crippen LogP contribution in [0.2, 0.25) is 0 Å². The number of anilines is 1. The van der Waals surface area contributed by atoms with E-state index in [1.165, 1.54) is 0 Å². The highest BCUT2D eigenvalue weighted by molar-refractivity contribution is 6.12. The second-order valence-corrected chi connectivity index (χ2v) is 5.86. The molecule has 5 heteroatoms. The van der Waals surface area contributed by atoms with Crippen LogP contribution in [0.25, 0.3) is 17.0 Å². The molecule has 0 aliphatic carbocycles. The van der Waals surface area contributed by atoms with E-state index in [-0.39, 0.29) is 18.0 Å². The second kappa shape index (κ2) is 8.28. The van der Waals surface area contributed by atoms with Gasteiger partial charge in [0, 0.05) is 11.6 Å². The number of halogens is 1. The van der Waals surface area contributed by atoms with Crippen molar-refractivity contribution in [1.29, 1.82) is 5.26 Å². The summed E-state index contributed by atoms with van der Waals surface area (Å²) < 4.78 is 0. The molecule has 0 atom stereocenters. The van der Waals surface area contributed by atoms with Gasteiger partial charge in [0.2, 0.25) is 0 Å². The fraction of sp³-hybridized carbons (Fsp3) is 0.0952. The minimum absolute atomic E-state index is 0. The Kier molecular flexibility index (Phi) is 6.11. The maximum absolute atomic E-state index is 12.5. The molecular formula is C21H18ClN3O. The van der Waals surface area contributed by atoms with Gasteiger partial charge in [-0.15, -0.1) is 12.4 Å². The molecule has 130 valence electrons. The number of hydrogen-bond donors (Lipinski definition) is 1. The number of nitrogens with one attached hydrogen (secondary N) is 1. The third-order valence-corrected chi connectivity index (χ3v) is 3.98. The van der Waals surface area contributed by atoms with Crippen LogP contribution in [0.4, 0.5) is 5.69 Å². The van der Waals surface area contributed by atoms with Crippen molar-refractivity contribution in [3.8, 4) is 6.07 Å². The van der Waals surface area contributed by atoms with Crippen molar-refractivity contribution in [3.05, 3.63) is 77.0 Å². The third-order valence-electron chi connectivity index (χ3n) is 3.98. The Hall–Kier alpha value is -3.16. The molecule has 2 aromatic carbocycles. The number of aryl methyl sites for hydroxylation is 2. The van der Waals surface area contributed by atoms with Crippen molar-refractivity contribution in [1.82, 2.24) is 4.98 Å². The summed E-state index contributed by atoms with van der Waals surface area (Å²) in [6, 6.07) is 17.1. The van der Waals surface area contributed by atoms with E-state index in [1.807, 2.05) is 62.4 Å². The van der Waals surface area contributed by atoms with Crippen molar-refractivity contribution < 1.29 is 4.79 Å². The minimum atomic E-state index is -0.432. The molecule has 0 aliphatic rings. The Labute approximate surface area is 158 Å². The van der Waals surface area contributed by atoms with Gasteiger partial charge in [0.05, 0.1) is 11.2 Å². The Morgan fingerprint density at radius 3 is 2.69 bits per heavy atom. The van der Waals surface area contributed by atoms with Crippen LogP contribution >= 0.6 is 12.4 Å². The van der Waals surface area contributed by atoms with Gasteiger partial charge < -0.3 is 5.32 Å². The molecule has 3 aromatic rings. The van der Waals surface area contributed by atoms with Gasteiger partial charge in [0.25, 0.3) is 5.91 Å². The smallest absolute Gasteiger partial charge is 0.266 e. The summed E-state index contributed by atoms with van der Waals surface area (Å²) in [5, 5.41) is 13.1. The second-order valence-electron chi connectivity index (χ2n) is 5.86. The first-order chi connectivity index (χ1) is 12.1. The number of rotatable bonds is 3. The molecule has 0 bridgehead atoms. The van der Waals surface area contributed by atoms with Gasteiger partial charge in [-0.3, -0.25) is 9.78 Å². The van der Waals surface area contributed by atoms with Gasteiger partial charge in [-0.1, -0.05) is 29.8 Å². The van der Waals surface area contributed by atoms with Gasteiger partial charge in [-0.05, 0) is 55.3 Å². The normalized spacial score (nSPS) is 10.7. The molecule has 0 saturated carbocycles. The number of carbonyl (C=O) groups is 1. The number of nitrogens with zero attached hydrogens (tertiary/aromatic N) is 2. The zero-order valence-corrected chi connectivity index (χ0v) is 15.3. The highest BCUT2D eigenvalue weighted by Gasteiger charge is 2.12. The van der Waals surface area contributed by atoms with E-state index < -0.39 is 5.91 Å². The van der Waals surface area contributed by atoms with Crippen LogP contribution in [0.15, 0.2) is 60.3 Å². The van der Waals surface area contributed by atoms with Crippen LogP contribution in [-0.2, 0) is 4.79 Å². The maximum atomic E-state index is 12.5. The SMILES string of the molecule is Cc1ccc(C=C(C#N)C(=O)Nc2cccc3ncccc23)c(C)c1.Cl. The Morgan fingerprint density at radius 1 is 1.15 bits per heavy atom. The molecule has 0 aliphatic heterocycles. The number of pyridine rings is 1. The standard InChI is InChI=1S/C21H17N3O.ClH/c1-14-8-9-16(15(2)11-14)12-17(13-22)21(25)24-20-7-3-6-19-18(20)5-4-10-23-19;/h3-12H,1-2H3,(H,24,25);1H. The van der Waals surface area contributed by atoms with Crippen LogP contribution in [-0.4, -0.2) is 10.9 Å². The van der Waals surface area contributed by atoms with Gasteiger partial charge in [-0.25, -0.2) is 0 Å². The predicted molar refractivity (Wildman–Crippen MR) is 107 cm³/mol. The summed E-state index contributed by atoms with van der Waals surface area (Å²) in [4.78, 5) is 16.8. The fourth-order valence-electron chi connectivity index (χ4n) is 2.69. The monoisotopic (exact) mass is 363 g/mol. The number of fused-ring (bicyclic) bond motifs is 1. The van der Waals surface area contributed by atoms with Crippen LogP contribution in [0.1, 0.15) is 16.7 Å². The van der Waals surface area contributed by atoms with Gasteiger partial charge in [0.1, 0.15) is 11.6 Å². The van der Waals surface area contributed by atoms with Crippen LogP contribution in [0, 0.1) is 25.2 Å². The lowest BCUT2D eigenvalue weighted by molar-refractivity contribution is -0.112. The number of aromatic nitrogens is 1. The third kappa shape index (κ3) is 4.08. The molecule has 3 rings (SSSR count). The lowest BCUT2D eigenvalue weighted by Crippen LogP contribution is -2.13. The van der Waals surface area contributed by atoms with E-state index in [2.05, 4.69) is 10.3 Å². The van der Waals surface area contributed by atoms with Crippen molar-refractivity contribution in [3.63, 3.8) is 0 Å². The first-order valence-electron chi connectivity index (χ1n) is 7.92. The van der Waals surface area contributed by atoms with Gasteiger partial charge >= 0.3 is 0 Å². The lowest BCUT2D eigenvalue weighted by atomic mass is 10.0. The summed E-state index contributed by atoms with van der Waals surface area (Å²) in [7, 11) is 0. The zero-order valence-electron chi connectivity index (χ0n) is 14.5. The molecule has 26 heavy (non-hydrogen) atoms. The van der Waals surface area contributed by atoms with Crippen LogP contribution < -0.4 is 5.32 Å². The van der Waals surface area contributed by atoms with Gasteiger partial charge in [-0.2, -0.15) is 5.26 Å². The highest BCUT2D eigenvalue weighted by Crippen LogP contribution is 2.22. The average Bonchev–Trinajstić information content (AvgIpc) is 2.61. The summed E-state index contributed by atoms with van der Waals surface area (Å²) in [6.45, 7) is 3.97. The average molecular weight is 364 g/mol. The van der Waals surface area contributed by atoms with Gasteiger partial charge in [0.15, 0.2) is 0 Å². The topological polar surface area (TPSA) is 65.8 Å². The van der Waals surface area contributed by atoms with Crippen LogP contribution in [0.5, 0.6) is 0 Å². The molecule has 1 heterocycles. The largest absolute Gasteiger partial charge is 0.321 e. The number of hydrogen-bond acceptors (Lipinski definition) is 3. The van der Waals surface area contributed by atoms with E-state index >= 15 is 0 Å². The number of amides is 1. The van der Waals surface area contributed by atoms with E-state index in [4.69, 9.17) is 0 Å². The number of carbonyl (C=O) groups excluding carboxylic acids is 1. The summed E-state index contributed by atoms with van der Waals surface area (Å²) in [6.07, 6.45) is 3.32. The van der Waals surface area contributed by atoms with Crippen molar-refractivity contribution in [2.24, 2.45) is 0 Å². The molecule has 0 saturated heterocycles. The quantitative estimate of drug-likeness (QED) is 0.536. The fourth-order valence-corrected chi connectivity index (χ4v) is 2.69. The summed E-state index contributed by atoms with van der Waals surface area (Å²) in [5.74, 6) is -0.432. The summed E-state index contributed by atoms with van der Waals surface area (Å²) >= 11 is 0. The molecule has 4 nitrogen and oxygen atoms in total. The molecule has 1 amide bonds. The predicted octanol–water partition coefficient (Wildman–Crippen LogP) is 4.82. The first kappa shape index (κ1) is 19.2. The highest BCUT2D eigenvalue weighted by atomic mass is 35.5. The van der Waals surface area contributed by atoms with Crippen molar-refractivity contribution >= 4 is 41.0 Å². The van der Waals surface area contributed by atoms with Crippen molar-refractivity contribution in [2.45, 2.75) is 13.8 Å². The molecule has 0 radical (unpaired) electrons. The Morgan fingerprint density at radius 2 is 1.96 bits per heavy atom. The number of nitriles is 1. The van der Waals surface area contributed by atoms with Crippen LogP contribution in [0.3, 0.4) is 0 Å². The van der Waals surface area contributed by atoms with E-state index in [1.54, 1.807) is 18.3 Å². The maximum Gasteiger partial charge on any atom is 0.266 e. The lowest BCUT2D eigenvalue weighted by Gasteiger charge is -2.08. The first-order valence-corrected chi connectivity index (χ1v) is 7.92. The molecule has 1 N–H and O–H groups in total. The minimum Gasteiger partial charge on any atom is -0.321 e. The number of benzene rings is 2. The van der Waals surface area contributed by atoms with Crippen molar-refractivity contribution in [2.75, 3.05) is 5.32 Å². The Bertz CT molecular complexity index is 1030. The van der Waals surface area contributed by atoms with E-state index in [0.29, 0.717) is 5.69 Å². The summed E-state index contributed by atoms with van der Waals surface area (Å²) in [5.41, 5.74) is 4.51. The molecule has 0 spiro atoms. The van der Waals surface area contributed by atoms with E-state index in [0.717, 1.165) is 27.6 Å². The molecule has 0 fully saturated rings. The Balaban J connectivity index is 0.00000243. The molecular weight excluding hydrogens is 346 g/mol. The zero-order chi connectivity index (χ0) is 17.8. The molecule has 1 aromatic heterocycles.